The monoisotopic (exact) mass is 287 g/mol. The van der Waals surface area contributed by atoms with Crippen molar-refractivity contribution in [1.29, 1.82) is 0 Å². The lowest BCUT2D eigenvalue weighted by Crippen LogP contribution is -2.41. The third-order valence-corrected chi connectivity index (χ3v) is 3.55. The van der Waals surface area contributed by atoms with E-state index in [-0.39, 0.29) is 19.0 Å². The Morgan fingerprint density at radius 3 is 2.47 bits per heavy atom. The SMILES string of the molecule is CCC(CS)Cn1c(=O)c([N+](=O)[O-])cn(CC)c1=O. The van der Waals surface area contributed by atoms with Crippen LogP contribution in [0.1, 0.15) is 20.3 Å². The minimum Gasteiger partial charge on any atom is -0.294 e. The van der Waals surface area contributed by atoms with Gasteiger partial charge in [0.25, 0.3) is 0 Å². The summed E-state index contributed by atoms with van der Waals surface area (Å²) in [5, 5.41) is 10.8. The molecule has 0 aliphatic carbocycles. The van der Waals surface area contributed by atoms with Crippen LogP contribution in [0.25, 0.3) is 0 Å². The third kappa shape index (κ3) is 3.25. The Hall–Kier alpha value is -1.57. The first kappa shape index (κ1) is 15.5. The summed E-state index contributed by atoms with van der Waals surface area (Å²) < 4.78 is 2.11. The summed E-state index contributed by atoms with van der Waals surface area (Å²) in [6.07, 6.45) is 1.74. The third-order valence-electron chi connectivity index (χ3n) is 3.03. The van der Waals surface area contributed by atoms with Gasteiger partial charge in [-0.05, 0) is 18.6 Å². The van der Waals surface area contributed by atoms with Crippen LogP contribution in [0.15, 0.2) is 15.8 Å². The molecule has 0 saturated carbocycles. The average molecular weight is 287 g/mol. The highest BCUT2D eigenvalue weighted by Crippen LogP contribution is 2.07. The molecule has 1 aromatic rings. The number of hydrogen-bond acceptors (Lipinski definition) is 5. The molecule has 19 heavy (non-hydrogen) atoms. The van der Waals surface area contributed by atoms with E-state index in [0.717, 1.165) is 17.2 Å². The smallest absolute Gasteiger partial charge is 0.294 e. The minimum absolute atomic E-state index is 0.0287. The highest BCUT2D eigenvalue weighted by atomic mass is 32.1. The van der Waals surface area contributed by atoms with Gasteiger partial charge in [0, 0.05) is 13.1 Å². The fraction of sp³-hybridized carbons (Fsp3) is 0.636. The second-order valence-electron chi connectivity index (χ2n) is 4.21. The van der Waals surface area contributed by atoms with E-state index in [2.05, 4.69) is 12.6 Å². The molecule has 0 radical (unpaired) electrons. The average Bonchev–Trinajstić information content (AvgIpc) is 2.39. The van der Waals surface area contributed by atoms with Gasteiger partial charge in [0.2, 0.25) is 0 Å². The molecule has 0 bridgehead atoms. The van der Waals surface area contributed by atoms with E-state index < -0.39 is 21.9 Å². The number of nitrogens with zero attached hydrogens (tertiary/aromatic N) is 3. The molecule has 0 fully saturated rings. The molecule has 0 amide bonds. The van der Waals surface area contributed by atoms with Gasteiger partial charge in [0.05, 0.1) is 11.1 Å². The summed E-state index contributed by atoms with van der Waals surface area (Å²) in [6.45, 7) is 4.04. The Labute approximate surface area is 115 Å². The Bertz CT molecular complexity index is 574. The molecular weight excluding hydrogens is 270 g/mol. The molecule has 0 saturated heterocycles. The van der Waals surface area contributed by atoms with E-state index in [1.165, 1.54) is 4.57 Å². The number of hydrogen-bond donors (Lipinski definition) is 1. The minimum atomic E-state index is -0.847. The molecule has 7 nitrogen and oxygen atoms in total. The topological polar surface area (TPSA) is 87.1 Å². The van der Waals surface area contributed by atoms with Crippen molar-refractivity contribution in [3.05, 3.63) is 37.1 Å². The van der Waals surface area contributed by atoms with Crippen molar-refractivity contribution in [2.45, 2.75) is 33.4 Å². The summed E-state index contributed by atoms with van der Waals surface area (Å²) in [6, 6.07) is 0. The molecule has 106 valence electrons. The number of aryl methyl sites for hydroxylation is 1. The molecular formula is C11H17N3O4S. The summed E-state index contributed by atoms with van der Waals surface area (Å²) in [5.74, 6) is 0.540. The van der Waals surface area contributed by atoms with Crippen LogP contribution in [0.2, 0.25) is 0 Å². The van der Waals surface area contributed by atoms with E-state index in [0.29, 0.717) is 5.75 Å². The van der Waals surface area contributed by atoms with E-state index in [1.54, 1.807) is 6.92 Å². The van der Waals surface area contributed by atoms with Crippen LogP contribution in [-0.2, 0) is 13.1 Å². The molecule has 0 aliphatic heterocycles. The molecule has 1 aromatic heterocycles. The molecule has 0 aliphatic rings. The van der Waals surface area contributed by atoms with Crippen molar-refractivity contribution in [2.24, 2.45) is 5.92 Å². The van der Waals surface area contributed by atoms with Gasteiger partial charge in [-0.25, -0.2) is 4.79 Å². The van der Waals surface area contributed by atoms with E-state index >= 15 is 0 Å². The lowest BCUT2D eigenvalue weighted by molar-refractivity contribution is -0.387. The van der Waals surface area contributed by atoms with Gasteiger partial charge in [0.15, 0.2) is 0 Å². The predicted octanol–water partition coefficient (Wildman–Crippen LogP) is 0.894. The molecule has 0 spiro atoms. The summed E-state index contributed by atoms with van der Waals surface area (Å²) in [7, 11) is 0. The van der Waals surface area contributed by atoms with Gasteiger partial charge in [0.1, 0.15) is 0 Å². The quantitative estimate of drug-likeness (QED) is 0.478. The van der Waals surface area contributed by atoms with Gasteiger partial charge in [-0.3, -0.25) is 24.0 Å². The zero-order valence-electron chi connectivity index (χ0n) is 10.9. The first-order chi connectivity index (χ1) is 8.96. The zero-order valence-corrected chi connectivity index (χ0v) is 11.8. The van der Waals surface area contributed by atoms with Crippen molar-refractivity contribution < 1.29 is 4.92 Å². The first-order valence-electron chi connectivity index (χ1n) is 6.05. The fourth-order valence-electron chi connectivity index (χ4n) is 1.73. The van der Waals surface area contributed by atoms with Crippen LogP contribution in [0.5, 0.6) is 0 Å². The lowest BCUT2D eigenvalue weighted by Gasteiger charge is -2.14. The molecule has 1 rings (SSSR count). The largest absolute Gasteiger partial charge is 0.350 e. The molecule has 0 N–H and O–H groups in total. The van der Waals surface area contributed by atoms with E-state index in [1.807, 2.05) is 6.92 Å². The molecule has 1 atom stereocenters. The van der Waals surface area contributed by atoms with E-state index in [9.17, 15) is 19.7 Å². The normalized spacial score (nSPS) is 12.4. The van der Waals surface area contributed by atoms with Gasteiger partial charge < -0.3 is 0 Å². The predicted molar refractivity (Wildman–Crippen MR) is 74.9 cm³/mol. The standard InChI is InChI=1S/C11H17N3O4S/c1-3-8(7-19)5-13-10(15)9(14(17)18)6-12(4-2)11(13)16/h6,8,19H,3-5,7H2,1-2H3. The van der Waals surface area contributed by atoms with Gasteiger partial charge in [-0.15, -0.1) is 0 Å². The van der Waals surface area contributed by atoms with Gasteiger partial charge >= 0.3 is 16.9 Å². The maximum absolute atomic E-state index is 12.0. The van der Waals surface area contributed by atoms with Crippen LogP contribution in [0, 0.1) is 16.0 Å². The second kappa shape index (κ2) is 6.55. The summed E-state index contributed by atoms with van der Waals surface area (Å²) in [4.78, 5) is 34.1. The van der Waals surface area contributed by atoms with Crippen molar-refractivity contribution >= 4 is 18.3 Å². The second-order valence-corrected chi connectivity index (χ2v) is 4.58. The maximum atomic E-state index is 12.0. The van der Waals surface area contributed by atoms with E-state index in [4.69, 9.17) is 0 Å². The number of thiol groups is 1. The van der Waals surface area contributed by atoms with Crippen LogP contribution in [-0.4, -0.2) is 19.8 Å². The van der Waals surface area contributed by atoms with Crippen LogP contribution in [0.4, 0.5) is 5.69 Å². The first-order valence-corrected chi connectivity index (χ1v) is 6.68. The van der Waals surface area contributed by atoms with Crippen molar-refractivity contribution in [1.82, 2.24) is 9.13 Å². The highest BCUT2D eigenvalue weighted by molar-refractivity contribution is 7.80. The highest BCUT2D eigenvalue weighted by Gasteiger charge is 2.20. The number of rotatable bonds is 6. The number of aromatic nitrogens is 2. The maximum Gasteiger partial charge on any atom is 0.350 e. The zero-order chi connectivity index (χ0) is 14.6. The Balaban J connectivity index is 3.44. The molecule has 0 aromatic carbocycles. The van der Waals surface area contributed by atoms with Gasteiger partial charge in [-0.1, -0.05) is 13.3 Å². The molecule has 1 unspecified atom stereocenters. The van der Waals surface area contributed by atoms with Crippen molar-refractivity contribution in [3.8, 4) is 0 Å². The van der Waals surface area contributed by atoms with Crippen LogP contribution < -0.4 is 11.2 Å². The van der Waals surface area contributed by atoms with Crippen LogP contribution in [0.3, 0.4) is 0 Å². The molecule has 1 heterocycles. The summed E-state index contributed by atoms with van der Waals surface area (Å²) >= 11 is 4.15. The Morgan fingerprint density at radius 2 is 2.05 bits per heavy atom. The summed E-state index contributed by atoms with van der Waals surface area (Å²) in [5.41, 5.74) is -1.94. The lowest BCUT2D eigenvalue weighted by atomic mass is 10.1. The number of nitro groups is 1. The molecule has 8 heteroatoms. The Morgan fingerprint density at radius 1 is 1.42 bits per heavy atom. The van der Waals surface area contributed by atoms with Crippen molar-refractivity contribution in [3.63, 3.8) is 0 Å². The Kier molecular flexibility index (Phi) is 5.34. The van der Waals surface area contributed by atoms with Crippen LogP contribution >= 0.6 is 12.6 Å². The van der Waals surface area contributed by atoms with Gasteiger partial charge in [-0.2, -0.15) is 12.6 Å². The fourth-order valence-corrected chi connectivity index (χ4v) is 2.10. The van der Waals surface area contributed by atoms with Crippen molar-refractivity contribution in [2.75, 3.05) is 5.75 Å².